The third-order valence-corrected chi connectivity index (χ3v) is 7.93. The highest BCUT2D eigenvalue weighted by Crippen LogP contribution is 2.34. The van der Waals surface area contributed by atoms with Gasteiger partial charge in [-0.25, -0.2) is 0 Å². The van der Waals surface area contributed by atoms with Crippen molar-refractivity contribution in [2.45, 2.75) is 18.4 Å². The fourth-order valence-corrected chi connectivity index (χ4v) is 5.49. The van der Waals surface area contributed by atoms with Gasteiger partial charge in [0, 0.05) is 17.1 Å². The van der Waals surface area contributed by atoms with Crippen molar-refractivity contribution in [3.8, 4) is 5.75 Å². The fourth-order valence-electron chi connectivity index (χ4n) is 3.32. The molecule has 8 nitrogen and oxygen atoms in total. The SMILES string of the molecule is CC(=O)Nc1ccc(S(=O)(=O)Oc2cccc(/C=C3\SC(=O)N(Cc4ccccc4Br)C3=O)c2)cc1. The number of thioether (sulfide) groups is 1. The molecule has 0 atom stereocenters. The Labute approximate surface area is 220 Å². The molecule has 184 valence electrons. The van der Waals surface area contributed by atoms with E-state index in [1.54, 1.807) is 12.1 Å². The molecule has 1 fully saturated rings. The summed E-state index contributed by atoms with van der Waals surface area (Å²) in [6.07, 6.45) is 1.52. The molecular formula is C25H19BrN2O6S2. The minimum Gasteiger partial charge on any atom is -0.379 e. The van der Waals surface area contributed by atoms with Crippen LogP contribution in [0.4, 0.5) is 10.5 Å². The molecule has 0 aromatic heterocycles. The molecule has 1 aliphatic rings. The second-order valence-corrected chi connectivity index (χ2v) is 11.1. The molecule has 0 aliphatic carbocycles. The maximum Gasteiger partial charge on any atom is 0.339 e. The molecule has 0 radical (unpaired) electrons. The second-order valence-electron chi connectivity index (χ2n) is 7.67. The smallest absolute Gasteiger partial charge is 0.339 e. The van der Waals surface area contributed by atoms with Crippen LogP contribution in [0.2, 0.25) is 0 Å². The Morgan fingerprint density at radius 1 is 1.06 bits per heavy atom. The number of hydrogen-bond acceptors (Lipinski definition) is 7. The second kappa shape index (κ2) is 10.7. The van der Waals surface area contributed by atoms with Gasteiger partial charge in [-0.05, 0) is 71.4 Å². The lowest BCUT2D eigenvalue weighted by Gasteiger charge is -2.13. The number of halogens is 1. The lowest BCUT2D eigenvalue weighted by Crippen LogP contribution is -2.27. The van der Waals surface area contributed by atoms with Gasteiger partial charge in [0.1, 0.15) is 10.6 Å². The number of imide groups is 1. The Kier molecular flexibility index (Phi) is 7.62. The summed E-state index contributed by atoms with van der Waals surface area (Å²) in [6, 6.07) is 19.1. The summed E-state index contributed by atoms with van der Waals surface area (Å²) >= 11 is 4.24. The normalized spacial score (nSPS) is 14.8. The average molecular weight is 587 g/mol. The van der Waals surface area contributed by atoms with Crippen LogP contribution in [0.25, 0.3) is 6.08 Å². The van der Waals surface area contributed by atoms with Gasteiger partial charge in [-0.1, -0.05) is 46.3 Å². The predicted molar refractivity (Wildman–Crippen MR) is 141 cm³/mol. The Balaban J connectivity index is 1.50. The summed E-state index contributed by atoms with van der Waals surface area (Å²) in [7, 11) is -4.14. The molecule has 0 unspecified atom stereocenters. The van der Waals surface area contributed by atoms with Gasteiger partial charge in [-0.2, -0.15) is 8.42 Å². The van der Waals surface area contributed by atoms with Crippen molar-refractivity contribution in [1.82, 2.24) is 4.90 Å². The third-order valence-electron chi connectivity index (χ3n) is 4.99. The van der Waals surface area contributed by atoms with E-state index in [9.17, 15) is 22.8 Å². The molecule has 11 heteroatoms. The highest BCUT2D eigenvalue weighted by atomic mass is 79.9. The number of amides is 3. The van der Waals surface area contributed by atoms with E-state index in [0.717, 1.165) is 26.7 Å². The molecule has 36 heavy (non-hydrogen) atoms. The monoisotopic (exact) mass is 586 g/mol. The Morgan fingerprint density at radius 3 is 2.47 bits per heavy atom. The molecule has 1 saturated heterocycles. The van der Waals surface area contributed by atoms with Crippen LogP contribution in [0.3, 0.4) is 0 Å². The van der Waals surface area contributed by atoms with Gasteiger partial charge in [0.05, 0.1) is 11.4 Å². The van der Waals surface area contributed by atoms with Crippen LogP contribution in [0.15, 0.2) is 87.1 Å². The number of nitrogens with zero attached hydrogens (tertiary/aromatic N) is 1. The van der Waals surface area contributed by atoms with Gasteiger partial charge in [-0.3, -0.25) is 19.3 Å². The van der Waals surface area contributed by atoms with E-state index < -0.39 is 16.0 Å². The summed E-state index contributed by atoms with van der Waals surface area (Å²) in [6.45, 7) is 1.48. The lowest BCUT2D eigenvalue weighted by molar-refractivity contribution is -0.123. The largest absolute Gasteiger partial charge is 0.379 e. The molecule has 3 aromatic rings. The predicted octanol–water partition coefficient (Wildman–Crippen LogP) is 5.41. The van der Waals surface area contributed by atoms with E-state index in [2.05, 4.69) is 21.2 Å². The van der Waals surface area contributed by atoms with Crippen molar-refractivity contribution >= 4 is 66.6 Å². The van der Waals surface area contributed by atoms with Crippen molar-refractivity contribution in [3.05, 3.63) is 93.3 Å². The van der Waals surface area contributed by atoms with E-state index in [0.29, 0.717) is 11.3 Å². The number of benzene rings is 3. The molecule has 0 spiro atoms. The van der Waals surface area contributed by atoms with Gasteiger partial charge in [0.2, 0.25) is 5.91 Å². The molecule has 4 rings (SSSR count). The third kappa shape index (κ3) is 6.04. The Hall–Kier alpha value is -3.41. The van der Waals surface area contributed by atoms with Gasteiger partial charge >= 0.3 is 10.1 Å². The summed E-state index contributed by atoms with van der Waals surface area (Å²) in [4.78, 5) is 37.8. The fraction of sp³-hybridized carbons (Fsp3) is 0.0800. The first-order valence-electron chi connectivity index (χ1n) is 10.5. The minimum atomic E-state index is -4.14. The number of hydrogen-bond donors (Lipinski definition) is 1. The average Bonchev–Trinajstić information content (AvgIpc) is 3.07. The van der Waals surface area contributed by atoms with Gasteiger partial charge in [-0.15, -0.1) is 0 Å². The zero-order valence-electron chi connectivity index (χ0n) is 18.8. The number of carbonyl (C=O) groups is 3. The minimum absolute atomic E-state index is 0.0436. The van der Waals surface area contributed by atoms with Gasteiger partial charge in [0.15, 0.2) is 0 Å². The topological polar surface area (TPSA) is 110 Å². The highest BCUT2D eigenvalue weighted by molar-refractivity contribution is 9.10. The number of nitrogens with one attached hydrogen (secondary N) is 1. The first-order valence-corrected chi connectivity index (χ1v) is 13.6. The van der Waals surface area contributed by atoms with E-state index >= 15 is 0 Å². The van der Waals surface area contributed by atoms with Crippen LogP contribution in [0.1, 0.15) is 18.1 Å². The quantitative estimate of drug-likeness (QED) is 0.291. The molecule has 3 amide bonds. The Morgan fingerprint density at radius 2 is 1.78 bits per heavy atom. The maximum absolute atomic E-state index is 12.9. The van der Waals surface area contributed by atoms with E-state index in [-0.39, 0.29) is 33.2 Å². The highest BCUT2D eigenvalue weighted by Gasteiger charge is 2.35. The molecule has 1 heterocycles. The van der Waals surface area contributed by atoms with Crippen molar-refractivity contribution < 1.29 is 27.0 Å². The molecular weight excluding hydrogens is 568 g/mol. The van der Waals surface area contributed by atoms with Crippen molar-refractivity contribution in [2.75, 3.05) is 5.32 Å². The van der Waals surface area contributed by atoms with Crippen LogP contribution < -0.4 is 9.50 Å². The van der Waals surface area contributed by atoms with E-state index in [4.69, 9.17) is 4.18 Å². The Bertz CT molecular complexity index is 1490. The summed E-state index contributed by atoms with van der Waals surface area (Å²) < 4.78 is 31.4. The molecule has 1 aliphatic heterocycles. The van der Waals surface area contributed by atoms with Crippen LogP contribution in [-0.4, -0.2) is 30.4 Å². The number of anilines is 1. The van der Waals surface area contributed by atoms with Gasteiger partial charge in [0.25, 0.3) is 11.1 Å². The molecule has 3 aromatic carbocycles. The van der Waals surface area contributed by atoms with Crippen LogP contribution in [-0.2, 0) is 26.3 Å². The van der Waals surface area contributed by atoms with Crippen molar-refractivity contribution in [3.63, 3.8) is 0 Å². The van der Waals surface area contributed by atoms with Crippen LogP contribution >= 0.6 is 27.7 Å². The maximum atomic E-state index is 12.9. The van der Waals surface area contributed by atoms with Crippen molar-refractivity contribution in [2.24, 2.45) is 0 Å². The van der Waals surface area contributed by atoms with Gasteiger partial charge < -0.3 is 9.50 Å². The van der Waals surface area contributed by atoms with E-state index in [1.807, 2.05) is 24.3 Å². The first kappa shape index (κ1) is 25.7. The first-order chi connectivity index (χ1) is 17.1. The zero-order chi connectivity index (χ0) is 25.9. The standard InChI is InChI=1S/C25H19BrN2O6S2/c1-16(29)27-19-9-11-21(12-10-19)36(32,33)34-20-7-4-5-17(13-20)14-23-24(30)28(25(31)35-23)15-18-6-2-3-8-22(18)26/h2-14H,15H2,1H3,(H,27,29)/b23-14-. The number of carbonyl (C=O) groups excluding carboxylic acids is 3. The summed E-state index contributed by atoms with van der Waals surface area (Å²) in [5.74, 6) is -0.662. The summed E-state index contributed by atoms with van der Waals surface area (Å²) in [5.41, 5.74) is 1.75. The zero-order valence-corrected chi connectivity index (χ0v) is 22.0. The van der Waals surface area contributed by atoms with E-state index in [1.165, 1.54) is 49.4 Å². The number of rotatable bonds is 7. The summed E-state index contributed by atoms with van der Waals surface area (Å²) in [5, 5.41) is 2.17. The molecule has 1 N–H and O–H groups in total. The molecule has 0 bridgehead atoms. The van der Waals surface area contributed by atoms with Crippen molar-refractivity contribution in [1.29, 1.82) is 0 Å². The lowest BCUT2D eigenvalue weighted by atomic mass is 10.2. The molecule has 0 saturated carbocycles. The van der Waals surface area contributed by atoms with Crippen LogP contribution in [0.5, 0.6) is 5.75 Å². The van der Waals surface area contributed by atoms with Crippen LogP contribution in [0, 0.1) is 0 Å².